The molecule has 0 amide bonds. The van der Waals surface area contributed by atoms with Gasteiger partial charge in [-0.2, -0.15) is 5.26 Å². The first-order chi connectivity index (χ1) is 10.4. The second-order valence-electron chi connectivity index (χ2n) is 4.53. The quantitative estimate of drug-likeness (QED) is 0.789. The highest BCUT2D eigenvalue weighted by Gasteiger charge is 2.23. The Kier molecular flexibility index (Phi) is 4.65. The summed E-state index contributed by atoms with van der Waals surface area (Å²) in [5.74, 6) is -0.435. The average Bonchev–Trinajstić information content (AvgIpc) is 2.48. The van der Waals surface area contributed by atoms with Crippen LogP contribution >= 0.6 is 11.6 Å². The lowest BCUT2D eigenvalue weighted by molar-refractivity contribution is 0.603. The van der Waals surface area contributed by atoms with Gasteiger partial charge in [-0.05, 0) is 54.5 Å². The summed E-state index contributed by atoms with van der Waals surface area (Å²) in [6, 6.07) is 12.6. The average molecular weight is 336 g/mol. The van der Waals surface area contributed by atoms with E-state index < -0.39 is 15.7 Å². The second kappa shape index (κ2) is 6.30. The number of sulfone groups is 1. The monoisotopic (exact) mass is 335 g/mol. The Morgan fingerprint density at radius 2 is 1.64 bits per heavy atom. The van der Waals surface area contributed by atoms with E-state index in [-0.39, 0.29) is 15.4 Å². The summed E-state index contributed by atoms with van der Waals surface area (Å²) >= 11 is 5.74. The van der Waals surface area contributed by atoms with Crippen LogP contribution in [0, 0.1) is 17.1 Å². The van der Waals surface area contributed by atoms with Gasteiger partial charge in [0.15, 0.2) is 4.91 Å². The third-order valence-corrected chi connectivity index (χ3v) is 5.19. The smallest absolute Gasteiger partial charge is 0.216 e. The highest BCUT2D eigenvalue weighted by molar-refractivity contribution is 7.95. The van der Waals surface area contributed by atoms with Crippen molar-refractivity contribution < 1.29 is 12.8 Å². The molecule has 0 aromatic heterocycles. The topological polar surface area (TPSA) is 57.9 Å². The molecule has 3 nitrogen and oxygen atoms in total. The van der Waals surface area contributed by atoms with E-state index in [0.29, 0.717) is 10.6 Å². The van der Waals surface area contributed by atoms with Crippen LogP contribution in [-0.2, 0) is 9.84 Å². The predicted octanol–water partition coefficient (Wildman–Crippen LogP) is 4.21. The summed E-state index contributed by atoms with van der Waals surface area (Å²) in [7, 11) is -3.96. The molecule has 2 aromatic carbocycles. The Bertz CT molecular complexity index is 864. The number of hydrogen-bond donors (Lipinski definition) is 0. The van der Waals surface area contributed by atoms with Crippen LogP contribution in [0.15, 0.2) is 58.3 Å². The molecule has 0 saturated carbocycles. The third-order valence-electron chi connectivity index (χ3n) is 3.11. The zero-order valence-corrected chi connectivity index (χ0v) is 13.1. The summed E-state index contributed by atoms with van der Waals surface area (Å²) in [6.07, 6.45) is 0. The van der Waals surface area contributed by atoms with Gasteiger partial charge in [-0.3, -0.25) is 0 Å². The maximum Gasteiger partial charge on any atom is 0.216 e. The van der Waals surface area contributed by atoms with Crippen molar-refractivity contribution in [3.63, 3.8) is 0 Å². The van der Waals surface area contributed by atoms with Crippen LogP contribution in [-0.4, -0.2) is 8.42 Å². The summed E-state index contributed by atoms with van der Waals surface area (Å²) in [6.45, 7) is 1.51. The summed E-state index contributed by atoms with van der Waals surface area (Å²) in [5, 5.41) is 9.68. The Morgan fingerprint density at radius 1 is 1.09 bits per heavy atom. The van der Waals surface area contributed by atoms with Gasteiger partial charge in [0.05, 0.1) is 4.90 Å². The summed E-state index contributed by atoms with van der Waals surface area (Å²) in [5.41, 5.74) is 0.730. The molecule has 0 unspecified atom stereocenters. The fraction of sp³-hybridized carbons (Fsp3) is 0.0625. The first-order valence-corrected chi connectivity index (χ1v) is 8.10. The Hall–Kier alpha value is -2.16. The van der Waals surface area contributed by atoms with Crippen molar-refractivity contribution in [3.8, 4) is 6.07 Å². The molecule has 0 atom stereocenters. The van der Waals surface area contributed by atoms with Gasteiger partial charge >= 0.3 is 0 Å². The first kappa shape index (κ1) is 16.2. The molecule has 0 aliphatic rings. The fourth-order valence-electron chi connectivity index (χ4n) is 1.91. The number of nitrogens with zero attached hydrogens (tertiary/aromatic N) is 1. The number of hydrogen-bond acceptors (Lipinski definition) is 3. The van der Waals surface area contributed by atoms with Crippen LogP contribution in [0.4, 0.5) is 4.39 Å². The molecule has 0 radical (unpaired) electrons. The molecular weight excluding hydrogens is 325 g/mol. The van der Waals surface area contributed by atoms with Crippen LogP contribution in [0.1, 0.15) is 12.5 Å². The Labute approximate surface area is 133 Å². The molecule has 0 aliphatic carbocycles. The number of rotatable bonds is 3. The normalized spacial score (nSPS) is 12.5. The van der Waals surface area contributed by atoms with Gasteiger partial charge < -0.3 is 0 Å². The number of halogens is 2. The minimum Gasteiger partial charge on any atom is -0.218 e. The largest absolute Gasteiger partial charge is 0.218 e. The van der Waals surface area contributed by atoms with Crippen LogP contribution in [0.25, 0.3) is 5.57 Å². The molecule has 0 N–H and O–H groups in total. The van der Waals surface area contributed by atoms with Crippen molar-refractivity contribution in [2.75, 3.05) is 0 Å². The van der Waals surface area contributed by atoms with Crippen molar-refractivity contribution in [2.45, 2.75) is 11.8 Å². The SMILES string of the molecule is CC(=C(C#N)S(=O)(=O)c1ccc(Cl)cc1)c1ccc(F)cc1. The summed E-state index contributed by atoms with van der Waals surface area (Å²) < 4.78 is 38.1. The standard InChI is InChI=1S/C16H11ClFNO2S/c1-11(12-2-6-14(18)7-3-12)16(10-19)22(20,21)15-8-4-13(17)5-9-15/h2-9H,1H3. The molecule has 0 saturated heterocycles. The highest BCUT2D eigenvalue weighted by Crippen LogP contribution is 2.27. The second-order valence-corrected chi connectivity index (χ2v) is 6.85. The van der Waals surface area contributed by atoms with Gasteiger partial charge in [-0.1, -0.05) is 23.7 Å². The van der Waals surface area contributed by atoms with E-state index in [0.717, 1.165) is 0 Å². The van der Waals surface area contributed by atoms with Gasteiger partial charge in [0.1, 0.15) is 11.9 Å². The van der Waals surface area contributed by atoms with E-state index in [1.807, 2.05) is 0 Å². The lowest BCUT2D eigenvalue weighted by Crippen LogP contribution is -2.05. The van der Waals surface area contributed by atoms with Crippen molar-refractivity contribution in [3.05, 3.63) is 69.8 Å². The number of allylic oxidation sites excluding steroid dienone is 2. The first-order valence-electron chi connectivity index (χ1n) is 6.24. The van der Waals surface area contributed by atoms with Crippen molar-refractivity contribution in [1.82, 2.24) is 0 Å². The van der Waals surface area contributed by atoms with E-state index in [4.69, 9.17) is 11.6 Å². The molecule has 0 fully saturated rings. The van der Waals surface area contributed by atoms with Crippen molar-refractivity contribution in [2.24, 2.45) is 0 Å². The maximum absolute atomic E-state index is 13.0. The van der Waals surface area contributed by atoms with E-state index in [1.54, 1.807) is 6.07 Å². The van der Waals surface area contributed by atoms with Crippen LogP contribution in [0.5, 0.6) is 0 Å². The molecule has 6 heteroatoms. The Morgan fingerprint density at radius 3 is 2.14 bits per heavy atom. The molecule has 112 valence electrons. The minimum atomic E-state index is -3.96. The van der Waals surface area contributed by atoms with Gasteiger partial charge in [-0.25, -0.2) is 12.8 Å². The molecule has 22 heavy (non-hydrogen) atoms. The predicted molar refractivity (Wildman–Crippen MR) is 83.2 cm³/mol. The molecule has 0 heterocycles. The van der Waals surface area contributed by atoms with Gasteiger partial charge in [0.2, 0.25) is 9.84 Å². The molecular formula is C16H11ClFNO2S. The molecule has 0 spiro atoms. The van der Waals surface area contributed by atoms with E-state index in [1.165, 1.54) is 55.5 Å². The zero-order valence-electron chi connectivity index (χ0n) is 11.5. The number of benzene rings is 2. The van der Waals surface area contributed by atoms with E-state index >= 15 is 0 Å². The molecule has 2 aromatic rings. The summed E-state index contributed by atoms with van der Waals surface area (Å²) in [4.78, 5) is -0.392. The highest BCUT2D eigenvalue weighted by atomic mass is 35.5. The number of nitriles is 1. The molecule has 2 rings (SSSR count). The van der Waals surface area contributed by atoms with Gasteiger partial charge in [0, 0.05) is 5.02 Å². The molecule has 0 bridgehead atoms. The van der Waals surface area contributed by atoms with Crippen LogP contribution < -0.4 is 0 Å². The lowest BCUT2D eigenvalue weighted by atomic mass is 10.1. The van der Waals surface area contributed by atoms with E-state index in [9.17, 15) is 18.1 Å². The minimum absolute atomic E-state index is 0.0186. The molecule has 0 aliphatic heterocycles. The van der Waals surface area contributed by atoms with Gasteiger partial charge in [0.25, 0.3) is 0 Å². The fourth-order valence-corrected chi connectivity index (χ4v) is 3.41. The van der Waals surface area contributed by atoms with Crippen LogP contribution in [0.3, 0.4) is 0 Å². The third kappa shape index (κ3) is 3.19. The zero-order chi connectivity index (χ0) is 16.3. The lowest BCUT2D eigenvalue weighted by Gasteiger charge is -2.08. The Balaban J connectivity index is 2.59. The van der Waals surface area contributed by atoms with Crippen LogP contribution in [0.2, 0.25) is 5.02 Å². The van der Waals surface area contributed by atoms with E-state index in [2.05, 4.69) is 0 Å². The van der Waals surface area contributed by atoms with Crippen molar-refractivity contribution >= 4 is 27.0 Å². The maximum atomic E-state index is 13.0. The van der Waals surface area contributed by atoms with Gasteiger partial charge in [-0.15, -0.1) is 0 Å². The van der Waals surface area contributed by atoms with Crippen molar-refractivity contribution in [1.29, 1.82) is 5.26 Å².